The van der Waals surface area contributed by atoms with Crippen molar-refractivity contribution in [3.63, 3.8) is 0 Å². The van der Waals surface area contributed by atoms with Crippen molar-refractivity contribution in [3.05, 3.63) is 81.5 Å². The highest BCUT2D eigenvalue weighted by Crippen LogP contribution is 2.37. The molecule has 144 valence electrons. The van der Waals surface area contributed by atoms with E-state index in [9.17, 15) is 0 Å². The van der Waals surface area contributed by atoms with Gasteiger partial charge in [0, 0.05) is 15.6 Å². The lowest BCUT2D eigenvalue weighted by atomic mass is 9.93. The van der Waals surface area contributed by atoms with Crippen molar-refractivity contribution in [2.75, 3.05) is 0 Å². The van der Waals surface area contributed by atoms with Crippen LogP contribution in [0.5, 0.6) is 0 Å². The normalized spacial score (nSPS) is 11.7. The summed E-state index contributed by atoms with van der Waals surface area (Å²) in [7, 11) is 0. The molecule has 2 nitrogen and oxygen atoms in total. The van der Waals surface area contributed by atoms with Gasteiger partial charge in [0.25, 0.3) is 0 Å². The standard InChI is InChI=1S/C24H24Cl2N2/c1-15(2)21-12-19(26)13-22(16(3)4)24(21)27-14-20-6-5-7-23(28-20)17-8-10-18(25)11-9-17/h5-16H,1-4H3/b27-14+. The molecule has 0 amide bonds. The monoisotopic (exact) mass is 410 g/mol. The van der Waals surface area contributed by atoms with Gasteiger partial charge in [-0.05, 0) is 59.4 Å². The Hall–Kier alpha value is -2.16. The van der Waals surface area contributed by atoms with Crippen LogP contribution in [0.15, 0.2) is 59.6 Å². The number of hydrogen-bond donors (Lipinski definition) is 0. The minimum absolute atomic E-state index is 0.330. The Kier molecular flexibility index (Phi) is 6.53. The van der Waals surface area contributed by atoms with Crippen molar-refractivity contribution in [2.45, 2.75) is 39.5 Å². The number of aromatic nitrogens is 1. The smallest absolute Gasteiger partial charge is 0.0820 e. The average molecular weight is 411 g/mol. The van der Waals surface area contributed by atoms with Crippen LogP contribution in [0.25, 0.3) is 11.3 Å². The number of nitrogens with zero attached hydrogens (tertiary/aromatic N) is 2. The Morgan fingerprint density at radius 1 is 0.821 bits per heavy atom. The summed E-state index contributed by atoms with van der Waals surface area (Å²) in [6.07, 6.45) is 1.83. The first-order valence-electron chi connectivity index (χ1n) is 9.45. The second kappa shape index (κ2) is 8.89. The molecule has 0 bridgehead atoms. The molecule has 3 rings (SSSR count). The summed E-state index contributed by atoms with van der Waals surface area (Å²) in [6.45, 7) is 8.64. The molecule has 0 N–H and O–H groups in total. The lowest BCUT2D eigenvalue weighted by molar-refractivity contribution is 0.835. The molecule has 0 unspecified atom stereocenters. The van der Waals surface area contributed by atoms with Gasteiger partial charge in [0.15, 0.2) is 0 Å². The molecule has 4 heteroatoms. The van der Waals surface area contributed by atoms with Gasteiger partial charge < -0.3 is 0 Å². The van der Waals surface area contributed by atoms with E-state index in [0.717, 1.165) is 38.8 Å². The van der Waals surface area contributed by atoms with E-state index < -0.39 is 0 Å². The summed E-state index contributed by atoms with van der Waals surface area (Å²) in [5.41, 5.74) is 6.03. The van der Waals surface area contributed by atoms with E-state index in [-0.39, 0.29) is 0 Å². The summed E-state index contributed by atoms with van der Waals surface area (Å²) in [6, 6.07) is 17.7. The number of hydrogen-bond acceptors (Lipinski definition) is 2. The number of rotatable bonds is 5. The minimum Gasteiger partial charge on any atom is -0.254 e. The topological polar surface area (TPSA) is 25.2 Å². The Balaban J connectivity index is 2.00. The number of pyridine rings is 1. The van der Waals surface area contributed by atoms with Crippen molar-refractivity contribution >= 4 is 35.1 Å². The molecule has 28 heavy (non-hydrogen) atoms. The summed E-state index contributed by atoms with van der Waals surface area (Å²) < 4.78 is 0. The van der Waals surface area contributed by atoms with Crippen LogP contribution >= 0.6 is 23.2 Å². The molecule has 0 radical (unpaired) electrons. The predicted octanol–water partition coefficient (Wildman–Crippen LogP) is 8.05. The van der Waals surface area contributed by atoms with Gasteiger partial charge >= 0.3 is 0 Å². The van der Waals surface area contributed by atoms with Crippen molar-refractivity contribution in [2.24, 2.45) is 4.99 Å². The lowest BCUT2D eigenvalue weighted by Crippen LogP contribution is -1.97. The zero-order valence-electron chi connectivity index (χ0n) is 16.6. The van der Waals surface area contributed by atoms with E-state index in [4.69, 9.17) is 33.2 Å². The minimum atomic E-state index is 0.330. The molecular formula is C24H24Cl2N2. The van der Waals surface area contributed by atoms with Crippen LogP contribution in [-0.4, -0.2) is 11.2 Å². The second-order valence-corrected chi connectivity index (χ2v) is 8.33. The fraction of sp³-hybridized carbons (Fsp3) is 0.250. The van der Waals surface area contributed by atoms with Crippen molar-refractivity contribution in [3.8, 4) is 11.3 Å². The maximum Gasteiger partial charge on any atom is 0.0820 e. The Morgan fingerprint density at radius 3 is 2.00 bits per heavy atom. The van der Waals surface area contributed by atoms with Crippen molar-refractivity contribution in [1.29, 1.82) is 0 Å². The molecule has 0 fully saturated rings. The van der Waals surface area contributed by atoms with E-state index in [2.05, 4.69) is 27.7 Å². The Bertz CT molecular complexity index is 961. The molecule has 0 aliphatic heterocycles. The third kappa shape index (κ3) is 4.81. The van der Waals surface area contributed by atoms with Crippen LogP contribution in [-0.2, 0) is 0 Å². The molecule has 0 aliphatic carbocycles. The second-order valence-electron chi connectivity index (χ2n) is 7.46. The van der Waals surface area contributed by atoms with E-state index in [1.165, 1.54) is 0 Å². The predicted molar refractivity (Wildman–Crippen MR) is 122 cm³/mol. The molecule has 0 spiro atoms. The number of aliphatic imine (C=N–C) groups is 1. The van der Waals surface area contributed by atoms with E-state index in [1.54, 1.807) is 0 Å². The summed E-state index contributed by atoms with van der Waals surface area (Å²) in [5, 5.41) is 1.47. The summed E-state index contributed by atoms with van der Waals surface area (Å²) in [4.78, 5) is 9.58. The highest BCUT2D eigenvalue weighted by molar-refractivity contribution is 6.31. The molecule has 1 aromatic heterocycles. The molecule has 1 heterocycles. The maximum atomic E-state index is 6.35. The summed E-state index contributed by atoms with van der Waals surface area (Å²) >= 11 is 12.3. The van der Waals surface area contributed by atoms with Crippen molar-refractivity contribution < 1.29 is 0 Å². The first-order valence-corrected chi connectivity index (χ1v) is 10.2. The van der Waals surface area contributed by atoms with E-state index in [0.29, 0.717) is 16.9 Å². The Morgan fingerprint density at radius 2 is 1.43 bits per heavy atom. The molecule has 3 aromatic rings. The maximum absolute atomic E-state index is 6.35. The van der Waals surface area contributed by atoms with Crippen molar-refractivity contribution in [1.82, 2.24) is 4.98 Å². The zero-order valence-corrected chi connectivity index (χ0v) is 18.1. The molecule has 0 atom stereocenters. The molecular weight excluding hydrogens is 387 g/mol. The van der Waals surface area contributed by atoms with Gasteiger partial charge in [0.05, 0.1) is 23.3 Å². The molecule has 0 aliphatic rings. The van der Waals surface area contributed by atoms with E-state index in [1.807, 2.05) is 60.8 Å². The van der Waals surface area contributed by atoms with Gasteiger partial charge in [0.2, 0.25) is 0 Å². The molecule has 2 aromatic carbocycles. The van der Waals surface area contributed by atoms with Crippen LogP contribution in [0.1, 0.15) is 56.4 Å². The largest absolute Gasteiger partial charge is 0.254 e. The van der Waals surface area contributed by atoms with Crippen LogP contribution in [0.3, 0.4) is 0 Å². The van der Waals surface area contributed by atoms with Crippen LogP contribution in [0.2, 0.25) is 10.0 Å². The Labute approximate surface area is 177 Å². The first-order chi connectivity index (χ1) is 13.3. The fourth-order valence-electron chi connectivity index (χ4n) is 3.11. The van der Waals surface area contributed by atoms with E-state index >= 15 is 0 Å². The van der Waals surface area contributed by atoms with Gasteiger partial charge in [-0.15, -0.1) is 0 Å². The van der Waals surface area contributed by atoms with Crippen LogP contribution in [0.4, 0.5) is 5.69 Å². The third-order valence-corrected chi connectivity index (χ3v) is 5.08. The highest BCUT2D eigenvalue weighted by atomic mass is 35.5. The van der Waals surface area contributed by atoms with Crippen LogP contribution < -0.4 is 0 Å². The highest BCUT2D eigenvalue weighted by Gasteiger charge is 2.15. The average Bonchev–Trinajstić information content (AvgIpc) is 2.67. The molecule has 0 saturated carbocycles. The third-order valence-electron chi connectivity index (χ3n) is 4.61. The van der Waals surface area contributed by atoms with Gasteiger partial charge in [0.1, 0.15) is 0 Å². The summed E-state index contributed by atoms with van der Waals surface area (Å²) in [5.74, 6) is 0.661. The fourth-order valence-corrected chi connectivity index (χ4v) is 3.47. The quantitative estimate of drug-likeness (QED) is 0.390. The van der Waals surface area contributed by atoms with Gasteiger partial charge in [-0.2, -0.15) is 0 Å². The zero-order chi connectivity index (χ0) is 20.3. The molecule has 0 saturated heterocycles. The van der Waals surface area contributed by atoms with Crippen LogP contribution in [0, 0.1) is 0 Å². The van der Waals surface area contributed by atoms with Gasteiger partial charge in [-0.1, -0.05) is 69.1 Å². The number of benzene rings is 2. The number of halogens is 2. The van der Waals surface area contributed by atoms with Gasteiger partial charge in [-0.25, -0.2) is 4.98 Å². The van der Waals surface area contributed by atoms with Gasteiger partial charge in [-0.3, -0.25) is 4.99 Å². The first kappa shape index (κ1) is 20.6. The lowest BCUT2D eigenvalue weighted by Gasteiger charge is -2.17. The SMILES string of the molecule is CC(C)c1cc(Cl)cc(C(C)C)c1/N=C/c1cccc(-c2ccc(Cl)cc2)n1.